The van der Waals surface area contributed by atoms with Gasteiger partial charge in [0.05, 0.1) is 11.8 Å². The number of carbonyl (C=O) groups is 1. The van der Waals surface area contributed by atoms with Crippen LogP contribution in [0.15, 0.2) is 23.1 Å². The maximum atomic E-state index is 13.5. The lowest BCUT2D eigenvalue weighted by Gasteiger charge is -2.11. The molecule has 0 saturated heterocycles. The van der Waals surface area contributed by atoms with Crippen LogP contribution in [0.25, 0.3) is 5.82 Å². The highest BCUT2D eigenvalue weighted by molar-refractivity contribution is 7.15. The molecule has 0 atom stereocenters. The minimum absolute atomic E-state index is 0.0893. The minimum atomic E-state index is -4.89. The fourth-order valence-electron chi connectivity index (χ4n) is 2.20. The number of hydrogen-bond acceptors (Lipinski definition) is 7. The lowest BCUT2D eigenvalue weighted by molar-refractivity contribution is -0.143. The van der Waals surface area contributed by atoms with E-state index in [4.69, 9.17) is 0 Å². The van der Waals surface area contributed by atoms with Crippen LogP contribution < -0.4 is 10.9 Å². The molecule has 0 fully saturated rings. The molecule has 0 aliphatic carbocycles. The molecule has 9 nitrogen and oxygen atoms in total. The Bertz CT molecular complexity index is 1000. The molecule has 0 radical (unpaired) electrons. The van der Waals surface area contributed by atoms with Crippen molar-refractivity contribution in [2.75, 3.05) is 5.32 Å². The Morgan fingerprint density at radius 3 is 2.74 bits per heavy atom. The Morgan fingerprint density at radius 1 is 1.33 bits per heavy atom. The first-order valence-electron chi connectivity index (χ1n) is 7.64. The van der Waals surface area contributed by atoms with Crippen LogP contribution in [-0.2, 0) is 12.6 Å². The molecule has 142 valence electrons. The molecule has 3 aromatic heterocycles. The predicted molar refractivity (Wildman–Crippen MR) is 88.8 cm³/mol. The Balaban J connectivity index is 1.95. The molecule has 3 aromatic rings. The largest absolute Gasteiger partial charge is 0.434 e. The molecular weight excluding hydrogens is 387 g/mol. The summed E-state index contributed by atoms with van der Waals surface area (Å²) in [7, 11) is 0. The van der Waals surface area contributed by atoms with Crippen LogP contribution in [-0.4, -0.2) is 36.1 Å². The van der Waals surface area contributed by atoms with Crippen LogP contribution in [0.5, 0.6) is 0 Å². The van der Waals surface area contributed by atoms with Crippen molar-refractivity contribution in [3.63, 3.8) is 0 Å². The van der Waals surface area contributed by atoms with Gasteiger partial charge in [-0.2, -0.15) is 23.4 Å². The van der Waals surface area contributed by atoms with Crippen LogP contribution in [0.1, 0.15) is 34.4 Å². The minimum Gasteiger partial charge on any atom is -0.296 e. The quantitative estimate of drug-likeness (QED) is 0.678. The molecule has 1 amide bonds. The molecule has 3 heterocycles. The third-order valence-corrected chi connectivity index (χ3v) is 4.21. The second kappa shape index (κ2) is 7.26. The summed E-state index contributed by atoms with van der Waals surface area (Å²) in [6.07, 6.45) is -2.65. The maximum Gasteiger partial charge on any atom is 0.434 e. The lowest BCUT2D eigenvalue weighted by atomic mass is 10.2. The van der Waals surface area contributed by atoms with Gasteiger partial charge >= 0.3 is 6.18 Å². The zero-order valence-corrected chi connectivity index (χ0v) is 14.6. The third kappa shape index (κ3) is 4.02. The molecular formula is C14H12F3N7O2S. The number of rotatable bonds is 5. The van der Waals surface area contributed by atoms with Gasteiger partial charge in [-0.3, -0.25) is 14.9 Å². The monoisotopic (exact) mass is 399 g/mol. The Morgan fingerprint density at radius 2 is 2.11 bits per heavy atom. The zero-order valence-electron chi connectivity index (χ0n) is 13.7. The number of aromatic amines is 1. The number of aromatic nitrogens is 6. The molecule has 3 rings (SSSR count). The summed E-state index contributed by atoms with van der Waals surface area (Å²) in [6.45, 7) is 1.94. The maximum absolute atomic E-state index is 13.5. The zero-order chi connectivity index (χ0) is 19.6. The molecule has 27 heavy (non-hydrogen) atoms. The SMILES string of the molecule is CCCc1nnc(NC(=O)c2cnn(-c3ccc(=O)[nH]n3)c2C(F)(F)F)s1. The van der Waals surface area contributed by atoms with Gasteiger partial charge in [0, 0.05) is 12.5 Å². The number of nitrogens with zero attached hydrogens (tertiary/aromatic N) is 5. The van der Waals surface area contributed by atoms with Gasteiger partial charge in [-0.25, -0.2) is 9.78 Å². The van der Waals surface area contributed by atoms with Crippen molar-refractivity contribution in [3.05, 3.63) is 44.9 Å². The van der Waals surface area contributed by atoms with E-state index in [1.807, 2.05) is 12.0 Å². The Kier molecular flexibility index (Phi) is 5.03. The molecule has 0 aliphatic rings. The van der Waals surface area contributed by atoms with Crippen molar-refractivity contribution in [3.8, 4) is 5.82 Å². The summed E-state index contributed by atoms with van der Waals surface area (Å²) in [5.41, 5.74) is -2.61. The first-order chi connectivity index (χ1) is 12.8. The average Bonchev–Trinajstić information content (AvgIpc) is 3.22. The van der Waals surface area contributed by atoms with Gasteiger partial charge in [0.25, 0.3) is 11.5 Å². The van der Waals surface area contributed by atoms with Crippen molar-refractivity contribution in [2.24, 2.45) is 0 Å². The van der Waals surface area contributed by atoms with Gasteiger partial charge in [0.15, 0.2) is 11.5 Å². The topological polar surface area (TPSA) is 118 Å². The second-order valence-electron chi connectivity index (χ2n) is 5.30. The first-order valence-corrected chi connectivity index (χ1v) is 8.46. The molecule has 0 unspecified atom stereocenters. The van der Waals surface area contributed by atoms with Gasteiger partial charge in [0.1, 0.15) is 5.01 Å². The Hall–Kier alpha value is -3.09. The smallest absolute Gasteiger partial charge is 0.296 e. The van der Waals surface area contributed by atoms with E-state index in [1.54, 1.807) is 0 Å². The van der Waals surface area contributed by atoms with Crippen LogP contribution in [0, 0.1) is 0 Å². The van der Waals surface area contributed by atoms with Crippen molar-refractivity contribution >= 4 is 22.4 Å². The van der Waals surface area contributed by atoms with E-state index in [9.17, 15) is 22.8 Å². The van der Waals surface area contributed by atoms with E-state index in [0.717, 1.165) is 36.1 Å². The number of amides is 1. The van der Waals surface area contributed by atoms with Crippen LogP contribution >= 0.6 is 11.3 Å². The fourth-order valence-corrected chi connectivity index (χ4v) is 3.04. The number of aryl methyl sites for hydroxylation is 1. The lowest BCUT2D eigenvalue weighted by Crippen LogP contribution is -2.21. The van der Waals surface area contributed by atoms with E-state index >= 15 is 0 Å². The number of hydrogen-bond donors (Lipinski definition) is 2. The van der Waals surface area contributed by atoms with E-state index in [0.29, 0.717) is 16.1 Å². The third-order valence-electron chi connectivity index (χ3n) is 3.31. The number of carbonyl (C=O) groups excluding carboxylic acids is 1. The van der Waals surface area contributed by atoms with Crippen LogP contribution in [0.4, 0.5) is 18.3 Å². The number of H-pyrrole nitrogens is 1. The standard InChI is InChI=1S/C14H12F3N7O2S/c1-2-3-10-22-23-13(27-10)19-12(26)7-6-18-24(11(7)14(15,16)17)8-4-5-9(25)21-20-8/h4-6H,2-3H2,1H3,(H,21,25)(H,19,23,26). The van der Waals surface area contributed by atoms with Gasteiger partial charge in [-0.1, -0.05) is 18.3 Å². The predicted octanol–water partition coefficient (Wildman–Crippen LogP) is 2.03. The summed E-state index contributed by atoms with van der Waals surface area (Å²) < 4.78 is 41.1. The van der Waals surface area contributed by atoms with Gasteiger partial charge in [-0.15, -0.1) is 10.2 Å². The molecule has 0 spiro atoms. The van der Waals surface area contributed by atoms with E-state index in [-0.39, 0.29) is 10.9 Å². The van der Waals surface area contributed by atoms with Gasteiger partial charge < -0.3 is 0 Å². The summed E-state index contributed by atoms with van der Waals surface area (Å²) in [4.78, 5) is 23.4. The van der Waals surface area contributed by atoms with Crippen LogP contribution in [0.2, 0.25) is 0 Å². The fraction of sp³-hybridized carbons (Fsp3) is 0.286. The summed E-state index contributed by atoms with van der Waals surface area (Å²) in [5, 5.41) is 19.8. The summed E-state index contributed by atoms with van der Waals surface area (Å²) in [5.74, 6) is -1.32. The van der Waals surface area contributed by atoms with E-state index in [2.05, 4.69) is 25.7 Å². The number of halogens is 3. The first kappa shape index (κ1) is 18.7. The van der Waals surface area contributed by atoms with Crippen molar-refractivity contribution < 1.29 is 18.0 Å². The summed E-state index contributed by atoms with van der Waals surface area (Å²) >= 11 is 1.08. The highest BCUT2D eigenvalue weighted by atomic mass is 32.1. The van der Waals surface area contributed by atoms with Crippen molar-refractivity contribution in [1.29, 1.82) is 0 Å². The highest BCUT2D eigenvalue weighted by Crippen LogP contribution is 2.33. The van der Waals surface area contributed by atoms with Crippen molar-refractivity contribution in [1.82, 2.24) is 30.2 Å². The number of anilines is 1. The van der Waals surface area contributed by atoms with Crippen LogP contribution in [0.3, 0.4) is 0 Å². The second-order valence-corrected chi connectivity index (χ2v) is 6.36. The number of alkyl halides is 3. The van der Waals surface area contributed by atoms with Gasteiger partial charge in [-0.05, 0) is 12.5 Å². The van der Waals surface area contributed by atoms with E-state index in [1.165, 1.54) is 0 Å². The molecule has 0 bridgehead atoms. The van der Waals surface area contributed by atoms with Crippen molar-refractivity contribution in [2.45, 2.75) is 25.9 Å². The molecule has 0 aromatic carbocycles. The Labute approximate surface area is 153 Å². The molecule has 2 N–H and O–H groups in total. The van der Waals surface area contributed by atoms with Gasteiger partial charge in [0.2, 0.25) is 5.13 Å². The summed E-state index contributed by atoms with van der Waals surface area (Å²) in [6, 6.07) is 2.06. The highest BCUT2D eigenvalue weighted by Gasteiger charge is 2.41. The normalized spacial score (nSPS) is 11.6. The molecule has 0 saturated carbocycles. The molecule has 0 aliphatic heterocycles. The van der Waals surface area contributed by atoms with E-state index < -0.39 is 28.9 Å². The molecule has 13 heteroatoms. The average molecular weight is 399 g/mol. The number of nitrogens with one attached hydrogen (secondary N) is 2.